The zero-order chi connectivity index (χ0) is 10.6. The quantitative estimate of drug-likeness (QED) is 0.769. The van der Waals surface area contributed by atoms with Crippen molar-refractivity contribution in [2.24, 2.45) is 0 Å². The van der Waals surface area contributed by atoms with Gasteiger partial charge in [-0.15, -0.1) is 0 Å². The molecule has 1 aromatic heterocycles. The summed E-state index contributed by atoms with van der Waals surface area (Å²) in [5, 5.41) is 9.02. The van der Waals surface area contributed by atoms with Crippen molar-refractivity contribution in [2.75, 3.05) is 21.3 Å². The summed E-state index contributed by atoms with van der Waals surface area (Å²) in [6.45, 7) is -0.156. The van der Waals surface area contributed by atoms with E-state index in [1.807, 2.05) is 0 Å². The Hall–Kier alpha value is -1.49. The molecule has 0 saturated heterocycles. The average molecular weight is 199 g/mol. The fourth-order valence-corrected chi connectivity index (χ4v) is 1.08. The molecule has 0 unspecified atom stereocenters. The first kappa shape index (κ1) is 10.6. The number of aromatic nitrogens is 1. The number of hydrogen-bond acceptors (Lipinski definition) is 5. The first-order chi connectivity index (χ1) is 6.76. The van der Waals surface area contributed by atoms with Gasteiger partial charge in [-0.05, 0) is 6.07 Å². The van der Waals surface area contributed by atoms with E-state index in [4.69, 9.17) is 19.3 Å². The summed E-state index contributed by atoms with van der Waals surface area (Å²) in [4.78, 5) is 4.02. The monoisotopic (exact) mass is 199 g/mol. The van der Waals surface area contributed by atoms with Crippen molar-refractivity contribution in [3.8, 4) is 17.5 Å². The van der Waals surface area contributed by atoms with E-state index in [-0.39, 0.29) is 6.61 Å². The molecule has 5 nitrogen and oxygen atoms in total. The van der Waals surface area contributed by atoms with Crippen molar-refractivity contribution in [3.63, 3.8) is 0 Å². The topological polar surface area (TPSA) is 60.8 Å². The standard InChI is InChI=1S/C9H13NO4/c1-12-7-4-6(5-11)8(13-2)10-9(7)14-3/h4,11H,5H2,1-3H3. The fraction of sp³-hybridized carbons (Fsp3) is 0.444. The van der Waals surface area contributed by atoms with E-state index >= 15 is 0 Å². The molecular weight excluding hydrogens is 186 g/mol. The fourth-order valence-electron chi connectivity index (χ4n) is 1.08. The average Bonchev–Trinajstić information content (AvgIpc) is 2.26. The van der Waals surface area contributed by atoms with Crippen LogP contribution in [0.5, 0.6) is 17.5 Å². The zero-order valence-corrected chi connectivity index (χ0v) is 8.40. The molecule has 0 radical (unpaired) electrons. The highest BCUT2D eigenvalue weighted by atomic mass is 16.5. The predicted octanol–water partition coefficient (Wildman–Crippen LogP) is 0.600. The minimum absolute atomic E-state index is 0.156. The molecule has 78 valence electrons. The molecule has 1 heterocycles. The molecule has 5 heteroatoms. The Morgan fingerprint density at radius 2 is 1.79 bits per heavy atom. The number of methoxy groups -OCH3 is 3. The van der Waals surface area contributed by atoms with Gasteiger partial charge >= 0.3 is 0 Å². The van der Waals surface area contributed by atoms with Crippen LogP contribution in [0.2, 0.25) is 0 Å². The molecule has 0 aliphatic rings. The normalized spacial score (nSPS) is 9.71. The van der Waals surface area contributed by atoms with E-state index in [0.29, 0.717) is 23.1 Å². The second kappa shape index (κ2) is 4.66. The summed E-state index contributed by atoms with van der Waals surface area (Å²) in [7, 11) is 4.48. The van der Waals surface area contributed by atoms with Crippen molar-refractivity contribution >= 4 is 0 Å². The molecule has 1 rings (SSSR count). The number of rotatable bonds is 4. The second-order valence-electron chi connectivity index (χ2n) is 2.53. The van der Waals surface area contributed by atoms with Crippen molar-refractivity contribution in [3.05, 3.63) is 11.6 Å². The van der Waals surface area contributed by atoms with Gasteiger partial charge in [0.15, 0.2) is 5.75 Å². The molecule has 0 bridgehead atoms. The Labute approximate surface area is 82.2 Å². The molecule has 1 N–H and O–H groups in total. The summed E-state index contributed by atoms with van der Waals surface area (Å²) in [5.41, 5.74) is 0.560. The SMILES string of the molecule is COc1cc(CO)c(OC)nc1OC. The second-order valence-corrected chi connectivity index (χ2v) is 2.53. The predicted molar refractivity (Wildman–Crippen MR) is 49.8 cm³/mol. The van der Waals surface area contributed by atoms with Crippen LogP contribution in [-0.4, -0.2) is 31.4 Å². The van der Waals surface area contributed by atoms with Crippen LogP contribution in [0.4, 0.5) is 0 Å². The van der Waals surface area contributed by atoms with Gasteiger partial charge in [-0.2, -0.15) is 4.98 Å². The smallest absolute Gasteiger partial charge is 0.260 e. The molecule has 1 aromatic rings. The van der Waals surface area contributed by atoms with Gasteiger partial charge in [-0.1, -0.05) is 0 Å². The molecule has 0 aliphatic heterocycles. The molecule has 0 saturated carbocycles. The Kier molecular flexibility index (Phi) is 3.53. The number of nitrogens with zero attached hydrogens (tertiary/aromatic N) is 1. The molecular formula is C9H13NO4. The summed E-state index contributed by atoms with van der Waals surface area (Å²) in [5.74, 6) is 1.14. The van der Waals surface area contributed by atoms with Crippen molar-refractivity contribution in [1.82, 2.24) is 4.98 Å². The van der Waals surface area contributed by atoms with Gasteiger partial charge in [-0.3, -0.25) is 0 Å². The lowest BCUT2D eigenvalue weighted by Crippen LogP contribution is -2.00. The van der Waals surface area contributed by atoms with Crippen LogP contribution in [0.15, 0.2) is 6.07 Å². The first-order valence-electron chi connectivity index (χ1n) is 4.03. The van der Waals surface area contributed by atoms with Crippen molar-refractivity contribution in [1.29, 1.82) is 0 Å². The summed E-state index contributed by atoms with van der Waals surface area (Å²) >= 11 is 0. The molecule has 0 atom stereocenters. The number of aliphatic hydroxyl groups excluding tert-OH is 1. The van der Waals surface area contributed by atoms with Crippen LogP contribution in [0, 0.1) is 0 Å². The summed E-state index contributed by atoms with van der Waals surface area (Å²) < 4.78 is 15.0. The van der Waals surface area contributed by atoms with Crippen LogP contribution in [0.25, 0.3) is 0 Å². The van der Waals surface area contributed by atoms with Crippen molar-refractivity contribution < 1.29 is 19.3 Å². The number of ether oxygens (including phenoxy) is 3. The Morgan fingerprint density at radius 1 is 1.14 bits per heavy atom. The van der Waals surface area contributed by atoms with Gasteiger partial charge < -0.3 is 19.3 Å². The Balaban J connectivity index is 3.20. The van der Waals surface area contributed by atoms with Crippen LogP contribution >= 0.6 is 0 Å². The number of hydrogen-bond donors (Lipinski definition) is 1. The highest BCUT2D eigenvalue weighted by Crippen LogP contribution is 2.30. The van der Waals surface area contributed by atoms with E-state index in [1.54, 1.807) is 6.07 Å². The van der Waals surface area contributed by atoms with E-state index in [2.05, 4.69) is 4.98 Å². The van der Waals surface area contributed by atoms with E-state index in [9.17, 15) is 0 Å². The number of pyridine rings is 1. The van der Waals surface area contributed by atoms with Gasteiger partial charge in [0, 0.05) is 5.56 Å². The zero-order valence-electron chi connectivity index (χ0n) is 8.40. The largest absolute Gasteiger partial charge is 0.491 e. The molecule has 14 heavy (non-hydrogen) atoms. The molecule has 0 aliphatic carbocycles. The van der Waals surface area contributed by atoms with Crippen LogP contribution in [0.3, 0.4) is 0 Å². The third-order valence-electron chi connectivity index (χ3n) is 1.77. The third kappa shape index (κ3) is 1.88. The molecule has 0 amide bonds. The highest BCUT2D eigenvalue weighted by Gasteiger charge is 2.12. The van der Waals surface area contributed by atoms with E-state index < -0.39 is 0 Å². The van der Waals surface area contributed by atoms with Gasteiger partial charge in [-0.25, -0.2) is 0 Å². The lowest BCUT2D eigenvalue weighted by atomic mass is 10.2. The molecule has 0 spiro atoms. The Morgan fingerprint density at radius 3 is 2.21 bits per heavy atom. The third-order valence-corrected chi connectivity index (χ3v) is 1.77. The minimum atomic E-state index is -0.156. The van der Waals surface area contributed by atoms with Gasteiger partial charge in [0.1, 0.15) is 0 Å². The molecule has 0 fully saturated rings. The summed E-state index contributed by atoms with van der Waals surface area (Å²) in [6, 6.07) is 1.63. The van der Waals surface area contributed by atoms with Crippen LogP contribution < -0.4 is 14.2 Å². The molecule has 0 aromatic carbocycles. The maximum absolute atomic E-state index is 9.02. The first-order valence-corrected chi connectivity index (χ1v) is 4.03. The van der Waals surface area contributed by atoms with Crippen LogP contribution in [-0.2, 0) is 6.61 Å². The summed E-state index contributed by atoms with van der Waals surface area (Å²) in [6.07, 6.45) is 0. The van der Waals surface area contributed by atoms with Gasteiger partial charge in [0.05, 0.1) is 27.9 Å². The lowest BCUT2D eigenvalue weighted by Gasteiger charge is -2.10. The maximum atomic E-state index is 9.02. The van der Waals surface area contributed by atoms with Crippen LogP contribution in [0.1, 0.15) is 5.56 Å². The number of aliphatic hydroxyl groups is 1. The Bertz CT molecular complexity index is 256. The maximum Gasteiger partial charge on any atom is 0.260 e. The van der Waals surface area contributed by atoms with Gasteiger partial charge in [0.25, 0.3) is 5.88 Å². The highest BCUT2D eigenvalue weighted by molar-refractivity contribution is 5.42. The van der Waals surface area contributed by atoms with Gasteiger partial charge in [0.2, 0.25) is 5.88 Å². The van der Waals surface area contributed by atoms with E-state index in [0.717, 1.165) is 0 Å². The lowest BCUT2D eigenvalue weighted by molar-refractivity contribution is 0.266. The van der Waals surface area contributed by atoms with Crippen molar-refractivity contribution in [2.45, 2.75) is 6.61 Å². The minimum Gasteiger partial charge on any atom is -0.491 e. The van der Waals surface area contributed by atoms with E-state index in [1.165, 1.54) is 21.3 Å².